The standard InChI is InChI=1S/C31H42N4O5/c1-22(2)24-12-10-23(11-13-24)20-32-28(36)25-7-6-14-35(21-25)26-8-5-9-27(19-26)40-31(3,4)29(37)33-15-17-34(18-16-33)30(38)39/h5,8-13,19,22,25H,6-7,14-18,20-21H2,1-4H3,(H,32,36)(H,38,39). The second-order valence-electron chi connectivity index (χ2n) is 11.6. The monoisotopic (exact) mass is 550 g/mol. The lowest BCUT2D eigenvalue weighted by Crippen LogP contribution is -2.56. The average molecular weight is 551 g/mol. The Morgan fingerprint density at radius 3 is 2.33 bits per heavy atom. The number of nitrogens with one attached hydrogen (secondary N) is 1. The van der Waals surface area contributed by atoms with Crippen molar-refractivity contribution in [3.63, 3.8) is 0 Å². The maximum Gasteiger partial charge on any atom is 0.407 e. The fraction of sp³-hybridized carbons (Fsp3) is 0.516. The summed E-state index contributed by atoms with van der Waals surface area (Å²) in [7, 11) is 0. The van der Waals surface area contributed by atoms with Crippen molar-refractivity contribution in [1.29, 1.82) is 0 Å². The number of ether oxygens (including phenoxy) is 1. The Labute approximate surface area is 237 Å². The Hall–Kier alpha value is -3.75. The molecule has 0 aromatic heterocycles. The van der Waals surface area contributed by atoms with Crippen LogP contribution < -0.4 is 15.0 Å². The van der Waals surface area contributed by atoms with Crippen LogP contribution in [-0.2, 0) is 16.1 Å². The predicted molar refractivity (Wildman–Crippen MR) is 155 cm³/mol. The second kappa shape index (κ2) is 12.6. The van der Waals surface area contributed by atoms with Gasteiger partial charge in [-0.15, -0.1) is 0 Å². The summed E-state index contributed by atoms with van der Waals surface area (Å²) in [6.07, 6.45) is 0.799. The molecule has 9 nitrogen and oxygen atoms in total. The molecule has 40 heavy (non-hydrogen) atoms. The number of amides is 3. The molecule has 0 saturated carbocycles. The van der Waals surface area contributed by atoms with Gasteiger partial charge in [0, 0.05) is 57.6 Å². The minimum atomic E-state index is -1.11. The number of nitrogens with zero attached hydrogens (tertiary/aromatic N) is 3. The number of benzene rings is 2. The highest BCUT2D eigenvalue weighted by Gasteiger charge is 2.36. The number of carbonyl (C=O) groups excluding carboxylic acids is 2. The van der Waals surface area contributed by atoms with Crippen LogP contribution in [0.2, 0.25) is 0 Å². The molecule has 1 atom stereocenters. The first-order valence-corrected chi connectivity index (χ1v) is 14.2. The molecule has 1 unspecified atom stereocenters. The van der Waals surface area contributed by atoms with E-state index in [1.54, 1.807) is 18.7 Å². The number of hydrogen-bond acceptors (Lipinski definition) is 5. The Morgan fingerprint density at radius 2 is 1.68 bits per heavy atom. The summed E-state index contributed by atoms with van der Waals surface area (Å²) in [6, 6.07) is 16.1. The summed E-state index contributed by atoms with van der Waals surface area (Å²) in [5.74, 6) is 0.859. The largest absolute Gasteiger partial charge is 0.478 e. The zero-order chi connectivity index (χ0) is 28.9. The molecule has 9 heteroatoms. The topological polar surface area (TPSA) is 102 Å². The molecule has 216 valence electrons. The molecule has 0 spiro atoms. The molecule has 0 aliphatic carbocycles. The van der Waals surface area contributed by atoms with E-state index in [9.17, 15) is 14.4 Å². The maximum atomic E-state index is 13.2. The van der Waals surface area contributed by atoms with Crippen molar-refractivity contribution in [3.8, 4) is 5.75 Å². The number of carbonyl (C=O) groups is 3. The number of anilines is 1. The van der Waals surface area contributed by atoms with Gasteiger partial charge in [-0.3, -0.25) is 9.59 Å². The van der Waals surface area contributed by atoms with Gasteiger partial charge < -0.3 is 29.9 Å². The fourth-order valence-electron chi connectivity index (χ4n) is 5.34. The minimum Gasteiger partial charge on any atom is -0.478 e. The highest BCUT2D eigenvalue weighted by molar-refractivity contribution is 5.85. The number of rotatable bonds is 8. The number of piperidine rings is 1. The molecule has 2 heterocycles. The Bertz CT molecular complexity index is 1190. The van der Waals surface area contributed by atoms with Crippen LogP contribution in [0.1, 0.15) is 57.6 Å². The van der Waals surface area contributed by atoms with Crippen molar-refractivity contribution < 1.29 is 24.2 Å². The molecular formula is C31H42N4O5. The van der Waals surface area contributed by atoms with Gasteiger partial charge >= 0.3 is 6.09 Å². The molecule has 0 bridgehead atoms. The lowest BCUT2D eigenvalue weighted by atomic mass is 9.96. The molecule has 2 fully saturated rings. The van der Waals surface area contributed by atoms with Crippen LogP contribution in [0.15, 0.2) is 48.5 Å². The van der Waals surface area contributed by atoms with Crippen molar-refractivity contribution in [2.45, 2.75) is 58.6 Å². The normalized spacial score (nSPS) is 18.0. The third-order valence-electron chi connectivity index (χ3n) is 7.81. The molecular weight excluding hydrogens is 508 g/mol. The van der Waals surface area contributed by atoms with Gasteiger partial charge in [-0.25, -0.2) is 4.79 Å². The van der Waals surface area contributed by atoms with E-state index < -0.39 is 11.7 Å². The fourth-order valence-corrected chi connectivity index (χ4v) is 5.34. The van der Waals surface area contributed by atoms with Crippen molar-refractivity contribution >= 4 is 23.6 Å². The van der Waals surface area contributed by atoms with Gasteiger partial charge in [0.15, 0.2) is 5.60 Å². The third-order valence-corrected chi connectivity index (χ3v) is 7.81. The van der Waals surface area contributed by atoms with Crippen LogP contribution >= 0.6 is 0 Å². The van der Waals surface area contributed by atoms with Gasteiger partial charge in [-0.1, -0.05) is 44.2 Å². The lowest BCUT2D eigenvalue weighted by Gasteiger charge is -2.38. The van der Waals surface area contributed by atoms with Crippen LogP contribution in [0.5, 0.6) is 5.75 Å². The Kier molecular flexibility index (Phi) is 9.22. The molecule has 2 aliphatic rings. The molecule has 0 radical (unpaired) electrons. The zero-order valence-corrected chi connectivity index (χ0v) is 24.1. The van der Waals surface area contributed by atoms with Gasteiger partial charge in [-0.2, -0.15) is 0 Å². The number of hydrogen-bond donors (Lipinski definition) is 2. The second-order valence-corrected chi connectivity index (χ2v) is 11.6. The number of piperazine rings is 1. The van der Waals surface area contributed by atoms with E-state index in [1.807, 2.05) is 24.3 Å². The van der Waals surface area contributed by atoms with Crippen LogP contribution in [0.3, 0.4) is 0 Å². The molecule has 2 aliphatic heterocycles. The van der Waals surface area contributed by atoms with Crippen LogP contribution in [0.4, 0.5) is 10.5 Å². The first-order valence-electron chi connectivity index (χ1n) is 14.2. The molecule has 4 rings (SSSR count). The third kappa shape index (κ3) is 7.25. The molecule has 2 aromatic carbocycles. The van der Waals surface area contributed by atoms with Crippen molar-refractivity contribution in [3.05, 3.63) is 59.7 Å². The van der Waals surface area contributed by atoms with Gasteiger partial charge in [0.2, 0.25) is 5.91 Å². The van der Waals surface area contributed by atoms with E-state index in [2.05, 4.69) is 48.3 Å². The van der Waals surface area contributed by atoms with Gasteiger partial charge in [0.1, 0.15) is 5.75 Å². The SMILES string of the molecule is CC(C)c1ccc(CNC(=O)C2CCCN(c3cccc(OC(C)(C)C(=O)N4CCN(C(=O)O)CC4)c3)C2)cc1. The Balaban J connectivity index is 1.33. The quantitative estimate of drug-likeness (QED) is 0.508. The van der Waals surface area contributed by atoms with Crippen LogP contribution in [-0.4, -0.2) is 77.7 Å². The smallest absolute Gasteiger partial charge is 0.407 e. The summed E-state index contributed by atoms with van der Waals surface area (Å²) in [5, 5.41) is 12.3. The van der Waals surface area contributed by atoms with E-state index in [-0.39, 0.29) is 17.7 Å². The molecule has 2 saturated heterocycles. The van der Waals surface area contributed by atoms with Gasteiger partial charge in [0.05, 0.1) is 5.92 Å². The van der Waals surface area contributed by atoms with Crippen molar-refractivity contribution in [2.24, 2.45) is 5.92 Å². The Morgan fingerprint density at radius 1 is 1.00 bits per heavy atom. The van der Waals surface area contributed by atoms with Gasteiger partial charge in [0.25, 0.3) is 5.91 Å². The van der Waals surface area contributed by atoms with E-state index in [0.717, 1.165) is 30.6 Å². The van der Waals surface area contributed by atoms with E-state index in [4.69, 9.17) is 9.84 Å². The summed E-state index contributed by atoms with van der Waals surface area (Å²) < 4.78 is 6.18. The lowest BCUT2D eigenvalue weighted by molar-refractivity contribution is -0.147. The summed E-state index contributed by atoms with van der Waals surface area (Å²) in [4.78, 5) is 42.6. The first kappa shape index (κ1) is 29.2. The maximum absolute atomic E-state index is 13.2. The van der Waals surface area contributed by atoms with E-state index in [0.29, 0.717) is 50.9 Å². The van der Waals surface area contributed by atoms with Crippen LogP contribution in [0.25, 0.3) is 0 Å². The predicted octanol–water partition coefficient (Wildman–Crippen LogP) is 4.32. The van der Waals surface area contributed by atoms with Crippen LogP contribution in [0, 0.1) is 5.92 Å². The van der Waals surface area contributed by atoms with E-state index >= 15 is 0 Å². The summed E-state index contributed by atoms with van der Waals surface area (Å²) >= 11 is 0. The summed E-state index contributed by atoms with van der Waals surface area (Å²) in [6.45, 7) is 11.1. The molecule has 3 amide bonds. The van der Waals surface area contributed by atoms with Gasteiger partial charge in [-0.05, 0) is 55.9 Å². The first-order chi connectivity index (χ1) is 19.0. The summed E-state index contributed by atoms with van der Waals surface area (Å²) in [5.41, 5.74) is 2.23. The zero-order valence-electron chi connectivity index (χ0n) is 24.1. The highest BCUT2D eigenvalue weighted by Crippen LogP contribution is 2.29. The van der Waals surface area contributed by atoms with E-state index in [1.165, 1.54) is 10.5 Å². The average Bonchev–Trinajstić information content (AvgIpc) is 2.95. The molecule has 2 N–H and O–H groups in total. The number of carboxylic acid groups (broad SMARTS) is 1. The van der Waals surface area contributed by atoms with Crippen molar-refractivity contribution in [1.82, 2.24) is 15.1 Å². The minimum absolute atomic E-state index is 0.0692. The van der Waals surface area contributed by atoms with Crippen molar-refractivity contribution in [2.75, 3.05) is 44.2 Å². The molecule has 2 aromatic rings. The highest BCUT2D eigenvalue weighted by atomic mass is 16.5.